The average molecular weight is 452 g/mol. The van der Waals surface area contributed by atoms with Gasteiger partial charge in [-0.05, 0) is 61.2 Å². The molecule has 1 amide bonds. The molecule has 1 fully saturated rings. The van der Waals surface area contributed by atoms with Gasteiger partial charge in [0.25, 0.3) is 5.91 Å². The van der Waals surface area contributed by atoms with Crippen molar-refractivity contribution in [2.45, 2.75) is 32.6 Å². The Bertz CT molecular complexity index is 1170. The van der Waals surface area contributed by atoms with Crippen molar-refractivity contribution in [2.75, 3.05) is 6.54 Å². The van der Waals surface area contributed by atoms with Crippen molar-refractivity contribution in [2.24, 2.45) is 5.92 Å². The van der Waals surface area contributed by atoms with Gasteiger partial charge >= 0.3 is 0 Å². The summed E-state index contributed by atoms with van der Waals surface area (Å²) in [6.45, 7) is 4.06. The van der Waals surface area contributed by atoms with Gasteiger partial charge in [0.15, 0.2) is 10.9 Å². The molecule has 8 nitrogen and oxygen atoms in total. The van der Waals surface area contributed by atoms with Crippen molar-refractivity contribution in [3.63, 3.8) is 0 Å². The van der Waals surface area contributed by atoms with Crippen molar-refractivity contribution >= 4 is 29.1 Å². The van der Waals surface area contributed by atoms with Crippen molar-refractivity contribution in [1.29, 1.82) is 0 Å². The summed E-state index contributed by atoms with van der Waals surface area (Å²) in [5.41, 5.74) is 3.49. The van der Waals surface area contributed by atoms with E-state index in [1.165, 1.54) is 0 Å². The molecule has 2 aromatic heterocycles. The lowest BCUT2D eigenvalue weighted by atomic mass is 9.87. The number of aromatic nitrogens is 4. The highest BCUT2D eigenvalue weighted by Crippen LogP contribution is 2.37. The molecular weight excluding hydrogens is 430 g/mol. The highest BCUT2D eigenvalue weighted by atomic mass is 35.5. The summed E-state index contributed by atoms with van der Waals surface area (Å²) in [6, 6.07) is 8.83. The second-order valence-electron chi connectivity index (χ2n) is 7.94. The smallest absolute Gasteiger partial charge is 0.269 e. The van der Waals surface area contributed by atoms with E-state index in [1.807, 2.05) is 26.0 Å². The first-order valence-electron chi connectivity index (χ1n) is 10.3. The predicted octanol–water partition coefficient (Wildman–Crippen LogP) is 2.99. The van der Waals surface area contributed by atoms with Crippen molar-refractivity contribution in [3.8, 4) is 5.69 Å². The molecule has 9 heteroatoms. The van der Waals surface area contributed by atoms with Crippen molar-refractivity contribution in [1.82, 2.24) is 25.3 Å². The monoisotopic (exact) mass is 451 g/mol. The molecule has 1 saturated carbocycles. The third kappa shape index (κ3) is 4.31. The van der Waals surface area contributed by atoms with Crippen LogP contribution in [0.25, 0.3) is 5.69 Å². The van der Waals surface area contributed by atoms with Gasteiger partial charge in [-0.2, -0.15) is 0 Å². The summed E-state index contributed by atoms with van der Waals surface area (Å²) in [5.74, 6) is -1.66. The number of ketones is 2. The molecule has 0 aliphatic heterocycles. The van der Waals surface area contributed by atoms with Crippen molar-refractivity contribution < 1.29 is 14.4 Å². The number of hydrogen-bond acceptors (Lipinski definition) is 6. The Morgan fingerprint density at radius 2 is 1.97 bits per heavy atom. The van der Waals surface area contributed by atoms with E-state index < -0.39 is 11.8 Å². The van der Waals surface area contributed by atoms with Gasteiger partial charge in [-0.25, -0.2) is 4.68 Å². The predicted molar refractivity (Wildman–Crippen MR) is 118 cm³/mol. The SMILES string of the molecule is Cc1cc(-n2cc(Cl)nn2)cc(C)c1C1C(=O)CC(CCNC(=O)c2ccccn2)C1=O. The van der Waals surface area contributed by atoms with E-state index in [-0.39, 0.29) is 29.0 Å². The van der Waals surface area contributed by atoms with Crippen LogP contribution in [0.2, 0.25) is 5.15 Å². The Kier molecular flexibility index (Phi) is 6.14. The maximum Gasteiger partial charge on any atom is 0.269 e. The maximum absolute atomic E-state index is 13.1. The number of rotatable bonds is 6. The van der Waals surface area contributed by atoms with E-state index in [4.69, 9.17) is 11.6 Å². The van der Waals surface area contributed by atoms with Crippen LogP contribution in [0.3, 0.4) is 0 Å². The van der Waals surface area contributed by atoms with Gasteiger partial charge in [-0.1, -0.05) is 22.9 Å². The average Bonchev–Trinajstić information content (AvgIpc) is 3.32. The zero-order valence-electron chi connectivity index (χ0n) is 17.7. The normalized spacial score (nSPS) is 18.2. The fourth-order valence-corrected chi connectivity index (χ4v) is 4.39. The first-order valence-corrected chi connectivity index (χ1v) is 10.7. The number of benzene rings is 1. The second kappa shape index (κ2) is 9.00. The van der Waals surface area contributed by atoms with E-state index in [2.05, 4.69) is 20.6 Å². The van der Waals surface area contributed by atoms with Gasteiger partial charge in [-0.15, -0.1) is 5.10 Å². The number of carbonyl (C=O) groups excluding carboxylic acids is 3. The summed E-state index contributed by atoms with van der Waals surface area (Å²) in [4.78, 5) is 42.1. The van der Waals surface area contributed by atoms with Gasteiger partial charge in [0.2, 0.25) is 0 Å². The lowest BCUT2D eigenvalue weighted by Crippen LogP contribution is -2.27. The van der Waals surface area contributed by atoms with E-state index >= 15 is 0 Å². The highest BCUT2D eigenvalue weighted by Gasteiger charge is 2.42. The minimum Gasteiger partial charge on any atom is -0.351 e. The van der Waals surface area contributed by atoms with Crippen LogP contribution in [-0.2, 0) is 9.59 Å². The van der Waals surface area contributed by atoms with Crippen LogP contribution in [0.5, 0.6) is 0 Å². The Morgan fingerprint density at radius 1 is 1.22 bits per heavy atom. The number of carbonyl (C=O) groups is 3. The largest absolute Gasteiger partial charge is 0.351 e. The van der Waals surface area contributed by atoms with Gasteiger partial charge in [-0.3, -0.25) is 19.4 Å². The van der Waals surface area contributed by atoms with Crippen LogP contribution < -0.4 is 5.32 Å². The Hall–Kier alpha value is -3.39. The van der Waals surface area contributed by atoms with Gasteiger partial charge in [0, 0.05) is 25.1 Å². The maximum atomic E-state index is 13.1. The molecule has 3 aromatic rings. The molecule has 32 heavy (non-hydrogen) atoms. The van der Waals surface area contributed by atoms with Crippen LogP contribution in [0.1, 0.15) is 45.9 Å². The molecule has 1 aromatic carbocycles. The third-order valence-electron chi connectivity index (χ3n) is 5.73. The standard InChI is InChI=1S/C23H22ClN5O3/c1-13-9-16(29-12-19(24)27-28-29)10-14(2)20(13)21-18(30)11-15(22(21)31)6-8-26-23(32)17-5-3-4-7-25-17/h3-5,7,9-10,12,15,21H,6,8,11H2,1-2H3,(H,26,32). The highest BCUT2D eigenvalue weighted by molar-refractivity contribution is 6.29. The van der Waals surface area contributed by atoms with Crippen LogP contribution in [0.15, 0.2) is 42.7 Å². The fraction of sp³-hybridized carbons (Fsp3) is 0.304. The molecule has 1 N–H and O–H groups in total. The first-order chi connectivity index (χ1) is 15.3. The molecule has 1 aliphatic carbocycles. The number of amides is 1. The number of nitrogens with zero attached hydrogens (tertiary/aromatic N) is 4. The molecule has 0 radical (unpaired) electrons. The molecule has 0 spiro atoms. The molecule has 2 heterocycles. The quantitative estimate of drug-likeness (QED) is 0.577. The molecule has 4 rings (SSSR count). The van der Waals surface area contributed by atoms with Gasteiger partial charge in [0.1, 0.15) is 17.4 Å². The van der Waals surface area contributed by atoms with Crippen LogP contribution in [0.4, 0.5) is 0 Å². The number of nitrogens with one attached hydrogen (secondary N) is 1. The molecule has 0 saturated heterocycles. The number of hydrogen-bond donors (Lipinski definition) is 1. The summed E-state index contributed by atoms with van der Waals surface area (Å²) in [7, 11) is 0. The number of aryl methyl sites for hydroxylation is 2. The zero-order chi connectivity index (χ0) is 22.8. The topological polar surface area (TPSA) is 107 Å². The second-order valence-corrected chi connectivity index (χ2v) is 8.33. The van der Waals surface area contributed by atoms with E-state index in [0.717, 1.165) is 22.4 Å². The van der Waals surface area contributed by atoms with E-state index in [9.17, 15) is 14.4 Å². The number of pyridine rings is 1. The molecule has 2 unspecified atom stereocenters. The minimum absolute atomic E-state index is 0.0844. The molecule has 2 atom stereocenters. The molecule has 0 bridgehead atoms. The Balaban J connectivity index is 1.46. The lowest BCUT2D eigenvalue weighted by molar-refractivity contribution is -0.124. The van der Waals surface area contributed by atoms with Crippen LogP contribution in [-0.4, -0.2) is 44.0 Å². The van der Waals surface area contributed by atoms with E-state index in [1.54, 1.807) is 35.3 Å². The summed E-state index contributed by atoms with van der Waals surface area (Å²) >= 11 is 5.86. The number of Topliss-reactive ketones (excluding diaryl/α,β-unsaturated/α-hetero) is 2. The zero-order valence-corrected chi connectivity index (χ0v) is 18.5. The Morgan fingerprint density at radius 3 is 2.59 bits per heavy atom. The van der Waals surface area contributed by atoms with Crippen molar-refractivity contribution in [3.05, 3.63) is 70.3 Å². The Labute approximate surface area is 190 Å². The molecule has 1 aliphatic rings. The minimum atomic E-state index is -0.778. The summed E-state index contributed by atoms with van der Waals surface area (Å²) < 4.78 is 1.55. The lowest BCUT2D eigenvalue weighted by Gasteiger charge is -2.17. The van der Waals surface area contributed by atoms with Gasteiger partial charge < -0.3 is 5.32 Å². The number of halogens is 1. The molecule has 164 valence electrons. The first kappa shape index (κ1) is 21.8. The fourth-order valence-electron chi connectivity index (χ4n) is 4.26. The van der Waals surface area contributed by atoms with E-state index in [0.29, 0.717) is 18.7 Å². The summed E-state index contributed by atoms with van der Waals surface area (Å²) in [5, 5.41) is 10.8. The van der Waals surface area contributed by atoms with Crippen LogP contribution in [0, 0.1) is 19.8 Å². The van der Waals surface area contributed by atoms with Gasteiger partial charge in [0.05, 0.1) is 11.9 Å². The van der Waals surface area contributed by atoms with Crippen LogP contribution >= 0.6 is 11.6 Å². The summed E-state index contributed by atoms with van der Waals surface area (Å²) in [6.07, 6.45) is 3.73. The third-order valence-corrected chi connectivity index (χ3v) is 5.90. The molecular formula is C23H22ClN5O3.